The second-order valence-corrected chi connectivity index (χ2v) is 5.39. The van der Waals surface area contributed by atoms with Crippen LogP contribution in [0.25, 0.3) is 0 Å². The number of carbonyl (C=O) groups excluding carboxylic acids is 2. The molecule has 126 valence electrons. The minimum Gasteiger partial charge on any atom is -0.492 e. The second kappa shape index (κ2) is 8.12. The molecule has 0 radical (unpaired) electrons. The van der Waals surface area contributed by atoms with Crippen LogP contribution in [0.15, 0.2) is 42.5 Å². The number of amides is 2. The molecule has 6 nitrogen and oxygen atoms in total. The van der Waals surface area contributed by atoms with Gasteiger partial charge in [0, 0.05) is 11.1 Å². The Morgan fingerprint density at radius 2 is 1.75 bits per heavy atom. The number of ether oxygens (including phenoxy) is 1. The summed E-state index contributed by atoms with van der Waals surface area (Å²) in [7, 11) is 0. The Bertz CT molecular complexity index is 726. The average molecular weight is 328 g/mol. The van der Waals surface area contributed by atoms with Gasteiger partial charge in [-0.3, -0.25) is 14.8 Å². The largest absolute Gasteiger partial charge is 0.492 e. The van der Waals surface area contributed by atoms with Crippen LogP contribution in [0.5, 0.6) is 5.75 Å². The number of hydroxylamine groups is 1. The highest BCUT2D eigenvalue weighted by Crippen LogP contribution is 2.12. The van der Waals surface area contributed by atoms with Gasteiger partial charge in [0.05, 0.1) is 6.54 Å². The summed E-state index contributed by atoms with van der Waals surface area (Å²) < 4.78 is 5.51. The normalized spacial score (nSPS) is 10.1. The van der Waals surface area contributed by atoms with E-state index in [2.05, 4.69) is 5.32 Å². The van der Waals surface area contributed by atoms with Crippen LogP contribution in [0.4, 0.5) is 0 Å². The van der Waals surface area contributed by atoms with E-state index in [1.165, 1.54) is 12.1 Å². The zero-order valence-corrected chi connectivity index (χ0v) is 13.6. The topological polar surface area (TPSA) is 87.7 Å². The van der Waals surface area contributed by atoms with Crippen LogP contribution in [-0.4, -0.2) is 30.2 Å². The highest BCUT2D eigenvalue weighted by atomic mass is 16.5. The molecule has 0 saturated heterocycles. The van der Waals surface area contributed by atoms with E-state index in [-0.39, 0.29) is 5.91 Å². The monoisotopic (exact) mass is 328 g/mol. The lowest BCUT2D eigenvalue weighted by atomic mass is 10.1. The predicted octanol–water partition coefficient (Wildman–Crippen LogP) is 2.23. The smallest absolute Gasteiger partial charge is 0.274 e. The van der Waals surface area contributed by atoms with Gasteiger partial charge in [-0.05, 0) is 49.7 Å². The molecule has 0 aliphatic rings. The maximum Gasteiger partial charge on any atom is 0.274 e. The summed E-state index contributed by atoms with van der Waals surface area (Å²) in [6.07, 6.45) is 0. The fraction of sp³-hybridized carbons (Fsp3) is 0.222. The third-order valence-electron chi connectivity index (χ3n) is 3.51. The van der Waals surface area contributed by atoms with Crippen LogP contribution in [-0.2, 0) is 0 Å². The molecule has 0 unspecified atom stereocenters. The van der Waals surface area contributed by atoms with E-state index in [1.807, 2.05) is 32.0 Å². The van der Waals surface area contributed by atoms with Gasteiger partial charge in [-0.15, -0.1) is 0 Å². The zero-order valence-electron chi connectivity index (χ0n) is 13.6. The summed E-state index contributed by atoms with van der Waals surface area (Å²) >= 11 is 0. The van der Waals surface area contributed by atoms with E-state index in [9.17, 15) is 9.59 Å². The molecule has 0 heterocycles. The first-order chi connectivity index (χ1) is 11.5. The zero-order chi connectivity index (χ0) is 17.5. The molecule has 0 fully saturated rings. The fourth-order valence-electron chi connectivity index (χ4n) is 2.18. The Kier molecular flexibility index (Phi) is 5.92. The minimum absolute atomic E-state index is 0.130. The summed E-state index contributed by atoms with van der Waals surface area (Å²) in [5.74, 6) is -0.137. The summed E-state index contributed by atoms with van der Waals surface area (Å²) in [5.41, 5.74) is 4.51. The van der Waals surface area contributed by atoms with Crippen LogP contribution in [0.3, 0.4) is 0 Å². The van der Waals surface area contributed by atoms with Gasteiger partial charge in [-0.25, -0.2) is 5.48 Å². The molecule has 2 aromatic carbocycles. The van der Waals surface area contributed by atoms with Crippen LogP contribution in [0.1, 0.15) is 31.8 Å². The highest BCUT2D eigenvalue weighted by molar-refractivity contribution is 5.95. The molecule has 3 N–H and O–H groups in total. The van der Waals surface area contributed by atoms with Crippen molar-refractivity contribution in [1.29, 1.82) is 0 Å². The summed E-state index contributed by atoms with van der Waals surface area (Å²) in [6, 6.07) is 12.1. The van der Waals surface area contributed by atoms with Crippen LogP contribution in [0, 0.1) is 13.8 Å². The van der Waals surface area contributed by atoms with Gasteiger partial charge >= 0.3 is 0 Å². The van der Waals surface area contributed by atoms with Crippen LogP contribution < -0.4 is 15.5 Å². The van der Waals surface area contributed by atoms with Crippen molar-refractivity contribution in [2.24, 2.45) is 0 Å². The van der Waals surface area contributed by atoms with Crippen molar-refractivity contribution in [2.75, 3.05) is 13.2 Å². The standard InChI is InChI=1S/C18H20N2O4/c1-12-3-4-13(2)16(11-12)18(22)19-9-10-24-15-7-5-14(6-8-15)17(21)20-23/h3-8,11,23H,9-10H2,1-2H3,(H,19,22)(H,20,21). The van der Waals surface area contributed by atoms with Crippen molar-refractivity contribution in [1.82, 2.24) is 10.8 Å². The lowest BCUT2D eigenvalue weighted by molar-refractivity contribution is 0.0706. The Morgan fingerprint density at radius 3 is 2.42 bits per heavy atom. The maximum atomic E-state index is 12.1. The number of carbonyl (C=O) groups is 2. The van der Waals surface area contributed by atoms with Crippen molar-refractivity contribution in [3.8, 4) is 5.75 Å². The molecule has 0 spiro atoms. The minimum atomic E-state index is -0.581. The van der Waals surface area contributed by atoms with E-state index >= 15 is 0 Å². The van der Waals surface area contributed by atoms with Crippen LogP contribution >= 0.6 is 0 Å². The Morgan fingerprint density at radius 1 is 1.04 bits per heavy atom. The van der Waals surface area contributed by atoms with Crippen molar-refractivity contribution < 1.29 is 19.5 Å². The van der Waals surface area contributed by atoms with Gasteiger partial charge < -0.3 is 10.1 Å². The first kappa shape index (κ1) is 17.5. The van der Waals surface area contributed by atoms with E-state index < -0.39 is 5.91 Å². The van der Waals surface area contributed by atoms with E-state index in [0.717, 1.165) is 11.1 Å². The SMILES string of the molecule is Cc1ccc(C)c(C(=O)NCCOc2ccc(C(=O)NO)cc2)c1. The third-order valence-corrected chi connectivity index (χ3v) is 3.51. The Hall–Kier alpha value is -2.86. The quantitative estimate of drug-likeness (QED) is 0.431. The number of hydrogen-bond donors (Lipinski definition) is 3. The molecule has 0 atom stereocenters. The van der Waals surface area contributed by atoms with Crippen molar-refractivity contribution in [2.45, 2.75) is 13.8 Å². The molecule has 0 bridgehead atoms. The third kappa shape index (κ3) is 4.57. The van der Waals surface area contributed by atoms with Crippen LogP contribution in [0.2, 0.25) is 0 Å². The number of nitrogens with one attached hydrogen (secondary N) is 2. The van der Waals surface area contributed by atoms with E-state index in [4.69, 9.17) is 9.94 Å². The fourth-order valence-corrected chi connectivity index (χ4v) is 2.18. The molecular formula is C18H20N2O4. The summed E-state index contributed by atoms with van der Waals surface area (Å²) in [5, 5.41) is 11.4. The van der Waals surface area contributed by atoms with Gasteiger partial charge in [0.1, 0.15) is 12.4 Å². The molecule has 0 aliphatic carbocycles. The first-order valence-electron chi connectivity index (χ1n) is 7.54. The molecule has 0 saturated carbocycles. The molecule has 2 rings (SSSR count). The van der Waals surface area contributed by atoms with Crippen molar-refractivity contribution in [3.63, 3.8) is 0 Å². The molecular weight excluding hydrogens is 308 g/mol. The Labute approximate surface area is 140 Å². The van der Waals surface area contributed by atoms with E-state index in [0.29, 0.717) is 30.0 Å². The first-order valence-corrected chi connectivity index (χ1v) is 7.54. The Balaban J connectivity index is 1.81. The number of hydrogen-bond acceptors (Lipinski definition) is 4. The predicted molar refractivity (Wildman–Crippen MR) is 89.4 cm³/mol. The number of benzene rings is 2. The maximum absolute atomic E-state index is 12.1. The molecule has 2 amide bonds. The number of aryl methyl sites for hydroxylation is 2. The molecule has 0 aromatic heterocycles. The van der Waals surface area contributed by atoms with Gasteiger partial charge in [0.25, 0.3) is 11.8 Å². The number of rotatable bonds is 6. The average Bonchev–Trinajstić information content (AvgIpc) is 2.60. The highest BCUT2D eigenvalue weighted by Gasteiger charge is 2.08. The lowest BCUT2D eigenvalue weighted by Crippen LogP contribution is -2.28. The second-order valence-electron chi connectivity index (χ2n) is 5.39. The summed E-state index contributed by atoms with van der Waals surface area (Å²) in [6.45, 7) is 4.52. The van der Waals surface area contributed by atoms with Crippen molar-refractivity contribution in [3.05, 3.63) is 64.7 Å². The lowest BCUT2D eigenvalue weighted by Gasteiger charge is -2.10. The summed E-state index contributed by atoms with van der Waals surface area (Å²) in [4.78, 5) is 23.3. The molecule has 2 aromatic rings. The van der Waals surface area contributed by atoms with Gasteiger partial charge in [-0.1, -0.05) is 17.7 Å². The van der Waals surface area contributed by atoms with Gasteiger partial charge in [0.15, 0.2) is 0 Å². The van der Waals surface area contributed by atoms with Gasteiger partial charge in [0.2, 0.25) is 0 Å². The van der Waals surface area contributed by atoms with E-state index in [1.54, 1.807) is 17.6 Å². The molecule has 24 heavy (non-hydrogen) atoms. The molecule has 6 heteroatoms. The van der Waals surface area contributed by atoms with Gasteiger partial charge in [-0.2, -0.15) is 0 Å². The molecule has 0 aliphatic heterocycles. The van der Waals surface area contributed by atoms with Crippen molar-refractivity contribution >= 4 is 11.8 Å².